The summed E-state index contributed by atoms with van der Waals surface area (Å²) in [6.45, 7) is 10.6. The lowest BCUT2D eigenvalue weighted by Crippen LogP contribution is -2.39. The van der Waals surface area contributed by atoms with Gasteiger partial charge in [0.05, 0.1) is 11.4 Å². The minimum absolute atomic E-state index is 0.262. The number of nitrogens with two attached hydrogens (primary N) is 1. The Morgan fingerprint density at radius 3 is 2.67 bits per heavy atom. The van der Waals surface area contributed by atoms with Gasteiger partial charge in [-0.15, -0.1) is 0 Å². The van der Waals surface area contributed by atoms with Gasteiger partial charge in [0.2, 0.25) is 0 Å². The molecule has 3 N–H and O–H groups in total. The molecule has 2 heterocycles. The number of allylic oxidation sites excluding steroid dienone is 7. The molecule has 1 aliphatic rings. The molecule has 2 rings (SSSR count). The van der Waals surface area contributed by atoms with Crippen LogP contribution in [0.15, 0.2) is 88.8 Å². The Bertz CT molecular complexity index is 1030. The molecule has 0 spiro atoms. The van der Waals surface area contributed by atoms with E-state index in [1.165, 1.54) is 12.2 Å². The smallest absolute Gasteiger partial charge is 0.322 e. The summed E-state index contributed by atoms with van der Waals surface area (Å²) >= 11 is 0. The second-order valence-electron chi connectivity index (χ2n) is 8.20. The molecule has 0 atom stereocenters. The molecule has 5 nitrogen and oxygen atoms in total. The molecule has 0 saturated carbocycles. The zero-order valence-corrected chi connectivity index (χ0v) is 20.3. The molecule has 0 saturated heterocycles. The number of nitrogens with zero attached hydrogens (tertiary/aromatic N) is 2. The highest BCUT2D eigenvalue weighted by molar-refractivity contribution is 5.78. The van der Waals surface area contributed by atoms with Gasteiger partial charge in [-0.2, -0.15) is 0 Å². The second-order valence-corrected chi connectivity index (χ2v) is 8.20. The van der Waals surface area contributed by atoms with Gasteiger partial charge in [-0.05, 0) is 80.2 Å². The van der Waals surface area contributed by atoms with Crippen molar-refractivity contribution in [2.24, 2.45) is 5.73 Å². The second kappa shape index (κ2) is 12.6. The summed E-state index contributed by atoms with van der Waals surface area (Å²) in [6, 6.07) is 3.59. The van der Waals surface area contributed by atoms with E-state index in [1.54, 1.807) is 23.4 Å². The number of carbonyl (C=O) groups excluding carboxylic acids is 1. The SMILES string of the molecule is CC/C=C(NC(=O)N1CC(C)=C(/C=C(F)\C=C(\C)CC)C1)/C(N)=C\C=C(/C)c1cccnc1. The highest BCUT2D eigenvalue weighted by atomic mass is 19.1. The lowest BCUT2D eigenvalue weighted by Gasteiger charge is -2.19. The fraction of sp³-hybridized carbons (Fsp3) is 0.333. The fourth-order valence-electron chi connectivity index (χ4n) is 3.28. The standard InChI is InChI=1S/C27H35FN4O/c1-6-9-26(25(29)12-11-20(4)22-10-8-13-30-16-22)31-27(33)32-17-21(5)23(18-32)15-24(28)14-19(3)7-2/h8-16H,6-7,17-18,29H2,1-5H3,(H,31,33)/b19-14-,20-11+,24-15+,25-12+,26-9-. The van der Waals surface area contributed by atoms with Crippen molar-refractivity contribution in [2.75, 3.05) is 13.1 Å². The van der Waals surface area contributed by atoms with Gasteiger partial charge in [-0.3, -0.25) is 4.98 Å². The van der Waals surface area contributed by atoms with E-state index in [9.17, 15) is 9.18 Å². The lowest BCUT2D eigenvalue weighted by atomic mass is 10.1. The quantitative estimate of drug-likeness (QED) is 0.465. The van der Waals surface area contributed by atoms with Crippen molar-refractivity contribution in [1.29, 1.82) is 0 Å². The van der Waals surface area contributed by atoms with E-state index >= 15 is 0 Å². The molecule has 0 aromatic carbocycles. The summed E-state index contributed by atoms with van der Waals surface area (Å²) in [4.78, 5) is 18.7. The number of carbonyl (C=O) groups is 1. The third kappa shape index (κ3) is 7.90. The third-order valence-corrected chi connectivity index (χ3v) is 5.47. The largest absolute Gasteiger partial charge is 0.397 e. The number of nitrogens with one attached hydrogen (secondary N) is 1. The average Bonchev–Trinajstić information content (AvgIpc) is 3.17. The number of rotatable bonds is 8. The van der Waals surface area contributed by atoms with Gasteiger partial charge in [-0.25, -0.2) is 9.18 Å². The molecule has 1 aromatic heterocycles. The maximum absolute atomic E-state index is 14.3. The maximum Gasteiger partial charge on any atom is 0.322 e. The molecular weight excluding hydrogens is 415 g/mol. The van der Waals surface area contributed by atoms with Gasteiger partial charge in [0.15, 0.2) is 0 Å². The van der Waals surface area contributed by atoms with Crippen LogP contribution in [0.2, 0.25) is 0 Å². The zero-order chi connectivity index (χ0) is 24.4. The number of hydrogen-bond acceptors (Lipinski definition) is 3. The van der Waals surface area contributed by atoms with Crippen molar-refractivity contribution < 1.29 is 9.18 Å². The van der Waals surface area contributed by atoms with Crippen molar-refractivity contribution >= 4 is 11.6 Å². The van der Waals surface area contributed by atoms with Crippen LogP contribution in [-0.4, -0.2) is 29.0 Å². The Morgan fingerprint density at radius 2 is 2.03 bits per heavy atom. The Labute approximate surface area is 197 Å². The minimum Gasteiger partial charge on any atom is -0.397 e. The zero-order valence-electron chi connectivity index (χ0n) is 20.3. The predicted octanol–water partition coefficient (Wildman–Crippen LogP) is 6.17. The summed E-state index contributed by atoms with van der Waals surface area (Å²) < 4.78 is 14.3. The number of pyridine rings is 1. The molecule has 0 bridgehead atoms. The van der Waals surface area contributed by atoms with E-state index < -0.39 is 0 Å². The average molecular weight is 451 g/mol. The number of urea groups is 1. The van der Waals surface area contributed by atoms with Crippen LogP contribution in [0.5, 0.6) is 0 Å². The molecule has 0 unspecified atom stereocenters. The van der Waals surface area contributed by atoms with Crippen LogP contribution in [0.3, 0.4) is 0 Å². The monoisotopic (exact) mass is 450 g/mol. The summed E-state index contributed by atoms with van der Waals surface area (Å²) in [5, 5.41) is 2.92. The molecule has 1 aliphatic heterocycles. The third-order valence-electron chi connectivity index (χ3n) is 5.47. The number of amides is 2. The van der Waals surface area contributed by atoms with E-state index in [0.717, 1.165) is 40.7 Å². The summed E-state index contributed by atoms with van der Waals surface area (Å²) in [5.41, 5.74) is 12.1. The predicted molar refractivity (Wildman–Crippen MR) is 135 cm³/mol. The fourth-order valence-corrected chi connectivity index (χ4v) is 3.28. The van der Waals surface area contributed by atoms with Gasteiger partial charge in [0.25, 0.3) is 0 Å². The molecule has 2 amide bonds. The first-order valence-electron chi connectivity index (χ1n) is 11.3. The number of halogens is 1. The van der Waals surface area contributed by atoms with E-state index in [-0.39, 0.29) is 11.9 Å². The molecule has 33 heavy (non-hydrogen) atoms. The molecule has 176 valence electrons. The summed E-state index contributed by atoms with van der Waals surface area (Å²) in [5.74, 6) is -0.291. The minimum atomic E-state index is -0.291. The van der Waals surface area contributed by atoms with Crippen LogP contribution in [0.25, 0.3) is 5.57 Å². The highest BCUT2D eigenvalue weighted by Crippen LogP contribution is 2.21. The normalized spacial score (nSPS) is 16.5. The highest BCUT2D eigenvalue weighted by Gasteiger charge is 2.23. The molecule has 6 heteroatoms. The number of aromatic nitrogens is 1. The molecule has 0 fully saturated rings. The van der Waals surface area contributed by atoms with Crippen molar-refractivity contribution in [2.45, 2.75) is 47.5 Å². The summed E-state index contributed by atoms with van der Waals surface area (Å²) in [7, 11) is 0. The van der Waals surface area contributed by atoms with E-state index in [0.29, 0.717) is 24.5 Å². The molecule has 0 aliphatic carbocycles. The first kappa shape index (κ1) is 25.8. The molecular formula is C27H35FN4O. The topological polar surface area (TPSA) is 71.2 Å². The van der Waals surface area contributed by atoms with Crippen LogP contribution >= 0.6 is 0 Å². The summed E-state index contributed by atoms with van der Waals surface area (Å²) in [6.07, 6.45) is 13.7. The Hall–Kier alpha value is -3.41. The molecule has 0 radical (unpaired) electrons. The van der Waals surface area contributed by atoms with E-state index in [1.807, 2.05) is 58.9 Å². The van der Waals surface area contributed by atoms with Crippen molar-refractivity contribution in [1.82, 2.24) is 15.2 Å². The van der Waals surface area contributed by atoms with Crippen LogP contribution in [0.4, 0.5) is 9.18 Å². The van der Waals surface area contributed by atoms with Crippen molar-refractivity contribution in [3.05, 3.63) is 94.4 Å². The van der Waals surface area contributed by atoms with Gasteiger partial charge in [-0.1, -0.05) is 37.6 Å². The van der Waals surface area contributed by atoms with Crippen molar-refractivity contribution in [3.63, 3.8) is 0 Å². The Balaban J connectivity index is 2.09. The van der Waals surface area contributed by atoms with Crippen LogP contribution in [-0.2, 0) is 0 Å². The van der Waals surface area contributed by atoms with Crippen LogP contribution in [0.1, 0.15) is 53.0 Å². The van der Waals surface area contributed by atoms with Crippen LogP contribution < -0.4 is 11.1 Å². The van der Waals surface area contributed by atoms with Gasteiger partial charge in [0, 0.05) is 25.5 Å². The van der Waals surface area contributed by atoms with Gasteiger partial charge in [0.1, 0.15) is 5.83 Å². The van der Waals surface area contributed by atoms with Crippen molar-refractivity contribution in [3.8, 4) is 0 Å². The van der Waals surface area contributed by atoms with Gasteiger partial charge >= 0.3 is 6.03 Å². The number of hydrogen-bond donors (Lipinski definition) is 2. The van der Waals surface area contributed by atoms with E-state index in [4.69, 9.17) is 5.73 Å². The molecule has 1 aromatic rings. The first-order chi connectivity index (χ1) is 15.7. The maximum atomic E-state index is 14.3. The lowest BCUT2D eigenvalue weighted by molar-refractivity contribution is 0.212. The van der Waals surface area contributed by atoms with E-state index in [2.05, 4.69) is 10.3 Å². The Morgan fingerprint density at radius 1 is 1.27 bits per heavy atom. The first-order valence-corrected chi connectivity index (χ1v) is 11.3. The van der Waals surface area contributed by atoms with Gasteiger partial charge < -0.3 is 16.0 Å². The van der Waals surface area contributed by atoms with Crippen LogP contribution in [0, 0.1) is 0 Å². The Kier molecular flexibility index (Phi) is 9.85.